The number of nitrogens with one attached hydrogen (secondary N) is 1. The van der Waals surface area contributed by atoms with Crippen LogP contribution in [0.5, 0.6) is 5.75 Å². The predicted octanol–water partition coefficient (Wildman–Crippen LogP) is 5.22. The van der Waals surface area contributed by atoms with Gasteiger partial charge in [0.25, 0.3) is 0 Å². The van der Waals surface area contributed by atoms with E-state index in [9.17, 15) is 9.90 Å². The van der Waals surface area contributed by atoms with Crippen molar-refractivity contribution in [1.82, 2.24) is 4.90 Å². The topological polar surface area (TPSA) is 61.8 Å². The van der Waals surface area contributed by atoms with Crippen LogP contribution in [0, 0.1) is 6.92 Å². The molecule has 0 spiro atoms. The third-order valence-corrected chi connectivity index (χ3v) is 6.37. The summed E-state index contributed by atoms with van der Waals surface area (Å²) in [4.78, 5) is 14.5. The maximum absolute atomic E-state index is 12.8. The van der Waals surface area contributed by atoms with Crippen molar-refractivity contribution in [3.8, 4) is 5.75 Å². The third-order valence-electron chi connectivity index (χ3n) is 6.37. The summed E-state index contributed by atoms with van der Waals surface area (Å²) in [6, 6.07) is 15.5. The summed E-state index contributed by atoms with van der Waals surface area (Å²) in [6.07, 6.45) is 7.32. The normalized spacial score (nSPS) is 19.3. The number of carbonyl (C=O) groups is 1. The first kappa shape index (κ1) is 20.7. The Morgan fingerprint density at radius 2 is 1.80 bits per heavy atom. The Morgan fingerprint density at radius 1 is 1.07 bits per heavy atom. The average Bonchev–Trinajstić information content (AvgIpc) is 2.75. The second-order valence-electron chi connectivity index (χ2n) is 8.72. The number of hydrogen-bond donors (Lipinski definition) is 2. The van der Waals surface area contributed by atoms with E-state index in [0.717, 1.165) is 35.4 Å². The Bertz CT molecular complexity index is 868. The van der Waals surface area contributed by atoms with Crippen LogP contribution in [-0.2, 0) is 5.60 Å². The summed E-state index contributed by atoms with van der Waals surface area (Å²) in [5.74, 6) is 0.812. The van der Waals surface area contributed by atoms with Gasteiger partial charge in [0.2, 0.25) is 0 Å². The van der Waals surface area contributed by atoms with Crippen molar-refractivity contribution >= 4 is 11.7 Å². The van der Waals surface area contributed by atoms with Gasteiger partial charge in [0, 0.05) is 24.8 Å². The largest absolute Gasteiger partial charge is 0.490 e. The second-order valence-corrected chi connectivity index (χ2v) is 8.72. The molecule has 1 aliphatic carbocycles. The number of urea groups is 1. The van der Waals surface area contributed by atoms with Gasteiger partial charge < -0.3 is 20.1 Å². The van der Waals surface area contributed by atoms with Gasteiger partial charge in [0.1, 0.15) is 5.75 Å². The Labute approximate surface area is 179 Å². The van der Waals surface area contributed by atoms with Gasteiger partial charge in [-0.05, 0) is 63.1 Å². The first-order chi connectivity index (χ1) is 14.5. The molecule has 2 amide bonds. The minimum absolute atomic E-state index is 0.129. The molecule has 2 aromatic rings. The molecule has 0 radical (unpaired) electrons. The van der Waals surface area contributed by atoms with Crippen LogP contribution in [0.15, 0.2) is 48.5 Å². The van der Waals surface area contributed by atoms with E-state index in [1.54, 1.807) is 4.90 Å². The average molecular weight is 409 g/mol. The lowest BCUT2D eigenvalue weighted by atomic mass is 9.84. The van der Waals surface area contributed by atoms with Gasteiger partial charge in [-0.3, -0.25) is 0 Å². The maximum Gasteiger partial charge on any atom is 0.321 e. The van der Waals surface area contributed by atoms with Crippen LogP contribution in [0.2, 0.25) is 0 Å². The fourth-order valence-electron chi connectivity index (χ4n) is 4.53. The zero-order valence-corrected chi connectivity index (χ0v) is 17.8. The van der Waals surface area contributed by atoms with Gasteiger partial charge in [-0.15, -0.1) is 0 Å². The highest BCUT2D eigenvalue weighted by atomic mass is 16.5. The van der Waals surface area contributed by atoms with E-state index in [4.69, 9.17) is 4.74 Å². The van der Waals surface area contributed by atoms with E-state index in [1.165, 1.54) is 19.3 Å². The Kier molecular flexibility index (Phi) is 6.28. The molecule has 2 aliphatic rings. The van der Waals surface area contributed by atoms with Crippen LogP contribution < -0.4 is 10.1 Å². The van der Waals surface area contributed by atoms with Crippen LogP contribution in [-0.4, -0.2) is 35.2 Å². The van der Waals surface area contributed by atoms with E-state index in [-0.39, 0.29) is 12.1 Å². The number of amides is 2. The number of benzene rings is 2. The van der Waals surface area contributed by atoms with Crippen molar-refractivity contribution < 1.29 is 14.6 Å². The monoisotopic (exact) mass is 408 g/mol. The number of carbonyl (C=O) groups excluding carboxylic acids is 1. The highest BCUT2D eigenvalue weighted by Gasteiger charge is 2.35. The molecule has 2 N–H and O–H groups in total. The molecular formula is C25H32N2O3. The number of nitrogens with zero attached hydrogens (tertiary/aromatic N) is 1. The molecule has 160 valence electrons. The molecule has 30 heavy (non-hydrogen) atoms. The van der Waals surface area contributed by atoms with E-state index in [0.29, 0.717) is 25.9 Å². The lowest BCUT2D eigenvalue weighted by molar-refractivity contribution is -0.0157. The minimum atomic E-state index is -0.865. The molecule has 2 fully saturated rings. The quantitative estimate of drug-likeness (QED) is 0.729. The standard InChI is InChI=1S/C25H32N2O3/c1-19-7-5-8-20(17-19)25(29)13-15-27(16-14-25)24(28)26-21-9-6-12-23(18-21)30-22-10-3-2-4-11-22/h5-9,12,17-18,22,29H,2-4,10-11,13-16H2,1H3,(H,26,28). The van der Waals surface area contributed by atoms with Gasteiger partial charge in [0.05, 0.1) is 11.7 Å². The zero-order valence-electron chi connectivity index (χ0n) is 17.8. The second kappa shape index (κ2) is 9.09. The molecule has 4 rings (SSSR count). The molecule has 0 bridgehead atoms. The molecule has 2 aromatic carbocycles. The molecule has 0 aromatic heterocycles. The van der Waals surface area contributed by atoms with Crippen LogP contribution in [0.25, 0.3) is 0 Å². The lowest BCUT2D eigenvalue weighted by Gasteiger charge is -2.38. The van der Waals surface area contributed by atoms with Gasteiger partial charge in [0.15, 0.2) is 0 Å². The summed E-state index contributed by atoms with van der Waals surface area (Å²) in [5, 5.41) is 14.1. The maximum atomic E-state index is 12.8. The molecule has 1 saturated carbocycles. The smallest absolute Gasteiger partial charge is 0.321 e. The lowest BCUT2D eigenvalue weighted by Crippen LogP contribution is -2.46. The molecule has 1 saturated heterocycles. The van der Waals surface area contributed by atoms with Gasteiger partial charge in [-0.1, -0.05) is 42.3 Å². The van der Waals surface area contributed by atoms with Crippen LogP contribution >= 0.6 is 0 Å². The summed E-state index contributed by atoms with van der Waals surface area (Å²) >= 11 is 0. The molecule has 1 aliphatic heterocycles. The van der Waals surface area contributed by atoms with Crippen molar-refractivity contribution in [3.63, 3.8) is 0 Å². The number of piperidine rings is 1. The van der Waals surface area contributed by atoms with Gasteiger partial charge in [-0.2, -0.15) is 0 Å². The Hall–Kier alpha value is -2.53. The Balaban J connectivity index is 1.33. The van der Waals surface area contributed by atoms with Crippen molar-refractivity contribution in [1.29, 1.82) is 0 Å². The minimum Gasteiger partial charge on any atom is -0.490 e. The number of likely N-dealkylation sites (tertiary alicyclic amines) is 1. The molecule has 5 nitrogen and oxygen atoms in total. The molecular weight excluding hydrogens is 376 g/mol. The van der Waals surface area contributed by atoms with E-state index in [1.807, 2.05) is 55.5 Å². The highest BCUT2D eigenvalue weighted by molar-refractivity contribution is 5.89. The summed E-state index contributed by atoms with van der Waals surface area (Å²) in [6.45, 7) is 3.07. The van der Waals surface area contributed by atoms with Gasteiger partial charge in [-0.25, -0.2) is 4.79 Å². The number of aliphatic hydroxyl groups is 1. The van der Waals surface area contributed by atoms with Crippen molar-refractivity contribution in [2.24, 2.45) is 0 Å². The number of ether oxygens (including phenoxy) is 1. The Morgan fingerprint density at radius 3 is 2.53 bits per heavy atom. The first-order valence-electron chi connectivity index (χ1n) is 11.1. The predicted molar refractivity (Wildman–Crippen MR) is 119 cm³/mol. The van der Waals surface area contributed by atoms with E-state index in [2.05, 4.69) is 5.32 Å². The van der Waals surface area contributed by atoms with E-state index < -0.39 is 5.60 Å². The summed E-state index contributed by atoms with van der Waals surface area (Å²) < 4.78 is 6.11. The highest BCUT2D eigenvalue weighted by Crippen LogP contribution is 2.33. The van der Waals surface area contributed by atoms with Gasteiger partial charge >= 0.3 is 6.03 Å². The SMILES string of the molecule is Cc1cccc(C2(O)CCN(C(=O)Nc3cccc(OC4CCCCC4)c3)CC2)c1. The number of rotatable bonds is 4. The summed E-state index contributed by atoms with van der Waals surface area (Å²) in [7, 11) is 0. The number of aryl methyl sites for hydroxylation is 1. The first-order valence-corrected chi connectivity index (χ1v) is 11.1. The molecule has 1 heterocycles. The van der Waals surface area contributed by atoms with Crippen LogP contribution in [0.1, 0.15) is 56.1 Å². The fraction of sp³-hybridized carbons (Fsp3) is 0.480. The molecule has 0 unspecified atom stereocenters. The van der Waals surface area contributed by atoms with E-state index >= 15 is 0 Å². The van der Waals surface area contributed by atoms with Crippen LogP contribution in [0.3, 0.4) is 0 Å². The molecule has 5 heteroatoms. The zero-order chi connectivity index (χ0) is 21.0. The number of anilines is 1. The number of hydrogen-bond acceptors (Lipinski definition) is 3. The van der Waals surface area contributed by atoms with Crippen molar-refractivity contribution in [2.75, 3.05) is 18.4 Å². The van der Waals surface area contributed by atoms with Crippen LogP contribution in [0.4, 0.5) is 10.5 Å². The fourth-order valence-corrected chi connectivity index (χ4v) is 4.53. The third kappa shape index (κ3) is 4.96. The summed E-state index contributed by atoms with van der Waals surface area (Å²) in [5.41, 5.74) is 1.95. The van der Waals surface area contributed by atoms with Crippen molar-refractivity contribution in [2.45, 2.75) is 63.6 Å². The molecule has 0 atom stereocenters. The van der Waals surface area contributed by atoms with Crippen molar-refractivity contribution in [3.05, 3.63) is 59.7 Å².